The fourth-order valence-corrected chi connectivity index (χ4v) is 0.827. The Kier molecular flexibility index (Phi) is 2.60. The maximum Gasteiger partial charge on any atom is 0.325 e. The van der Waals surface area contributed by atoms with Crippen LogP contribution in [-0.2, 0) is 11.2 Å². The number of hydrogen-bond donors (Lipinski definition) is 4. The third-order valence-corrected chi connectivity index (χ3v) is 1.29. The largest absolute Gasteiger partial charge is 0.325 e. The molecular weight excluding hydrogens is 178 g/mol. The van der Waals surface area contributed by atoms with Crippen molar-refractivity contribution in [2.75, 3.05) is 0 Å². The van der Waals surface area contributed by atoms with Gasteiger partial charge in [-0.25, -0.2) is 10.3 Å². The molecule has 7 heteroatoms. The van der Waals surface area contributed by atoms with Gasteiger partial charge in [0.25, 0.3) is 5.56 Å². The lowest BCUT2D eigenvalue weighted by atomic mass is 10.3. The van der Waals surface area contributed by atoms with E-state index in [0.717, 1.165) is 6.07 Å². The number of hydroxylamine groups is 1. The summed E-state index contributed by atoms with van der Waals surface area (Å²) >= 11 is 0. The van der Waals surface area contributed by atoms with E-state index in [0.29, 0.717) is 0 Å². The molecule has 0 radical (unpaired) electrons. The topological polar surface area (TPSA) is 115 Å². The molecule has 0 saturated heterocycles. The molecule has 0 atom stereocenters. The molecule has 0 aromatic carbocycles. The molecule has 0 bridgehead atoms. The highest BCUT2D eigenvalue weighted by atomic mass is 16.5. The van der Waals surface area contributed by atoms with Gasteiger partial charge in [0.05, 0.1) is 6.42 Å². The van der Waals surface area contributed by atoms with Crippen LogP contribution < -0.4 is 16.7 Å². The van der Waals surface area contributed by atoms with Crippen molar-refractivity contribution in [3.05, 3.63) is 32.6 Å². The first kappa shape index (κ1) is 9.20. The number of nitrogens with one attached hydrogen (secondary N) is 3. The average Bonchev–Trinajstić information content (AvgIpc) is 2.02. The molecule has 0 unspecified atom stereocenters. The Balaban J connectivity index is 2.96. The molecule has 0 aliphatic heterocycles. The van der Waals surface area contributed by atoms with Gasteiger partial charge in [0, 0.05) is 11.8 Å². The zero-order chi connectivity index (χ0) is 9.84. The Bertz CT molecular complexity index is 390. The standard InChI is InChI=1S/C6H7N3O4/c10-4-1-3(2-5(11)9-13)7-6(12)8-4/h1,13H,2H2,(H,9,11)(H2,7,8,10,12). The van der Waals surface area contributed by atoms with Crippen LogP contribution in [0.3, 0.4) is 0 Å². The smallest absolute Gasteiger partial charge is 0.311 e. The molecular formula is C6H7N3O4. The molecule has 70 valence electrons. The summed E-state index contributed by atoms with van der Waals surface area (Å²) in [5.41, 5.74) is 0.238. The third kappa shape index (κ3) is 2.56. The normalized spacial score (nSPS) is 9.62. The second-order valence-corrected chi connectivity index (χ2v) is 2.32. The van der Waals surface area contributed by atoms with Crippen LogP contribution in [0.1, 0.15) is 5.69 Å². The molecule has 1 heterocycles. The summed E-state index contributed by atoms with van der Waals surface area (Å²) in [6, 6.07) is 1.07. The number of H-pyrrole nitrogens is 2. The fourth-order valence-electron chi connectivity index (χ4n) is 0.827. The molecule has 13 heavy (non-hydrogen) atoms. The quantitative estimate of drug-likeness (QED) is 0.318. The van der Waals surface area contributed by atoms with E-state index in [-0.39, 0.29) is 12.1 Å². The van der Waals surface area contributed by atoms with Crippen molar-refractivity contribution >= 4 is 5.91 Å². The molecule has 1 amide bonds. The van der Waals surface area contributed by atoms with E-state index in [1.165, 1.54) is 5.48 Å². The van der Waals surface area contributed by atoms with E-state index in [4.69, 9.17) is 5.21 Å². The second kappa shape index (κ2) is 3.68. The van der Waals surface area contributed by atoms with Crippen LogP contribution in [-0.4, -0.2) is 21.1 Å². The molecule has 1 aromatic heterocycles. The summed E-state index contributed by atoms with van der Waals surface area (Å²) in [5, 5.41) is 8.16. The van der Waals surface area contributed by atoms with E-state index in [2.05, 4.69) is 4.98 Å². The third-order valence-electron chi connectivity index (χ3n) is 1.29. The number of amides is 1. The van der Waals surface area contributed by atoms with Crippen LogP contribution in [0, 0.1) is 0 Å². The molecule has 7 nitrogen and oxygen atoms in total. The van der Waals surface area contributed by atoms with E-state index >= 15 is 0 Å². The molecule has 0 spiro atoms. The zero-order valence-corrected chi connectivity index (χ0v) is 6.46. The zero-order valence-electron chi connectivity index (χ0n) is 6.46. The van der Waals surface area contributed by atoms with Gasteiger partial charge in [0.1, 0.15) is 0 Å². The minimum atomic E-state index is -0.707. The van der Waals surface area contributed by atoms with Crippen LogP contribution in [0.15, 0.2) is 15.7 Å². The van der Waals surface area contributed by atoms with Gasteiger partial charge in [-0.05, 0) is 0 Å². The Morgan fingerprint density at radius 2 is 2.15 bits per heavy atom. The van der Waals surface area contributed by atoms with Gasteiger partial charge in [0.15, 0.2) is 0 Å². The van der Waals surface area contributed by atoms with Gasteiger partial charge in [-0.15, -0.1) is 0 Å². The van der Waals surface area contributed by atoms with Crippen LogP contribution in [0.25, 0.3) is 0 Å². The SMILES string of the molecule is O=C(Cc1cc(=O)[nH]c(=O)[nH]1)NO. The fraction of sp³-hybridized carbons (Fsp3) is 0.167. The Morgan fingerprint density at radius 3 is 2.69 bits per heavy atom. The second-order valence-electron chi connectivity index (χ2n) is 2.32. The number of aromatic amines is 2. The Hall–Kier alpha value is -1.89. The molecule has 0 aliphatic carbocycles. The predicted molar refractivity (Wildman–Crippen MR) is 41.3 cm³/mol. The van der Waals surface area contributed by atoms with Crippen molar-refractivity contribution in [1.29, 1.82) is 0 Å². The lowest BCUT2D eigenvalue weighted by Crippen LogP contribution is -2.27. The maximum atomic E-state index is 10.7. The van der Waals surface area contributed by atoms with Gasteiger partial charge < -0.3 is 4.98 Å². The molecule has 1 rings (SSSR count). The lowest BCUT2D eigenvalue weighted by molar-refractivity contribution is -0.128. The van der Waals surface area contributed by atoms with Crippen LogP contribution in [0.4, 0.5) is 0 Å². The minimum absolute atomic E-state index is 0.139. The summed E-state index contributed by atoms with van der Waals surface area (Å²) in [6.45, 7) is 0. The van der Waals surface area contributed by atoms with Crippen molar-refractivity contribution in [1.82, 2.24) is 15.4 Å². The van der Waals surface area contributed by atoms with Gasteiger partial charge in [-0.3, -0.25) is 19.8 Å². The number of carbonyl (C=O) groups excluding carboxylic acids is 1. The van der Waals surface area contributed by atoms with Gasteiger partial charge in [-0.1, -0.05) is 0 Å². The van der Waals surface area contributed by atoms with E-state index < -0.39 is 17.2 Å². The average molecular weight is 185 g/mol. The highest BCUT2D eigenvalue weighted by Crippen LogP contribution is 1.86. The van der Waals surface area contributed by atoms with Crippen LogP contribution in [0.2, 0.25) is 0 Å². The first-order valence-electron chi connectivity index (χ1n) is 3.37. The van der Waals surface area contributed by atoms with Crippen LogP contribution in [0.5, 0.6) is 0 Å². The lowest BCUT2D eigenvalue weighted by Gasteiger charge is -1.97. The summed E-state index contributed by atoms with van der Waals surface area (Å²) in [4.78, 5) is 36.2. The van der Waals surface area contributed by atoms with Gasteiger partial charge in [0.2, 0.25) is 5.91 Å². The molecule has 0 fully saturated rings. The highest BCUT2D eigenvalue weighted by Gasteiger charge is 2.02. The monoisotopic (exact) mass is 185 g/mol. The summed E-state index contributed by atoms with van der Waals surface area (Å²) in [5.74, 6) is -0.707. The number of carbonyl (C=O) groups is 1. The number of aromatic nitrogens is 2. The molecule has 0 saturated carbocycles. The van der Waals surface area contributed by atoms with Crippen molar-refractivity contribution in [2.45, 2.75) is 6.42 Å². The van der Waals surface area contributed by atoms with Crippen molar-refractivity contribution < 1.29 is 10.0 Å². The van der Waals surface area contributed by atoms with E-state index in [1.807, 2.05) is 4.98 Å². The van der Waals surface area contributed by atoms with Crippen molar-refractivity contribution in [3.63, 3.8) is 0 Å². The molecule has 0 aliphatic rings. The highest BCUT2D eigenvalue weighted by molar-refractivity contribution is 5.76. The first-order chi connectivity index (χ1) is 6.11. The first-order valence-corrected chi connectivity index (χ1v) is 3.37. The number of hydrogen-bond acceptors (Lipinski definition) is 4. The Labute approximate surface area is 71.4 Å². The molecule has 4 N–H and O–H groups in total. The van der Waals surface area contributed by atoms with Gasteiger partial charge in [-0.2, -0.15) is 0 Å². The van der Waals surface area contributed by atoms with Crippen LogP contribution >= 0.6 is 0 Å². The van der Waals surface area contributed by atoms with E-state index in [9.17, 15) is 14.4 Å². The van der Waals surface area contributed by atoms with Crippen molar-refractivity contribution in [2.24, 2.45) is 0 Å². The van der Waals surface area contributed by atoms with E-state index in [1.54, 1.807) is 0 Å². The number of rotatable bonds is 2. The van der Waals surface area contributed by atoms with Crippen molar-refractivity contribution in [3.8, 4) is 0 Å². The predicted octanol–water partition coefficient (Wildman–Crippen LogP) is -1.89. The Morgan fingerprint density at radius 1 is 1.46 bits per heavy atom. The van der Waals surface area contributed by atoms with Gasteiger partial charge >= 0.3 is 5.69 Å². The molecule has 1 aromatic rings. The minimum Gasteiger partial charge on any atom is -0.311 e. The maximum absolute atomic E-state index is 10.7. The summed E-state index contributed by atoms with van der Waals surface area (Å²) in [7, 11) is 0. The summed E-state index contributed by atoms with van der Waals surface area (Å²) in [6.07, 6.45) is -0.254. The summed E-state index contributed by atoms with van der Waals surface area (Å²) < 4.78 is 0.